The van der Waals surface area contributed by atoms with E-state index in [1.165, 1.54) is 32.4 Å². The Morgan fingerprint density at radius 1 is 1.48 bits per heavy atom. The minimum Gasteiger partial charge on any atom is -0.479 e. The van der Waals surface area contributed by atoms with Gasteiger partial charge in [0.2, 0.25) is 0 Å². The van der Waals surface area contributed by atoms with E-state index in [4.69, 9.17) is 19.9 Å². The van der Waals surface area contributed by atoms with Crippen molar-refractivity contribution < 1.29 is 24.2 Å². The Balaban J connectivity index is 2.47. The number of aliphatic hydroxyl groups is 1. The fraction of sp³-hybridized carbons (Fsp3) is 0.538. The van der Waals surface area contributed by atoms with Crippen molar-refractivity contribution >= 4 is 5.69 Å². The third-order valence-corrected chi connectivity index (χ3v) is 3.72. The van der Waals surface area contributed by atoms with Gasteiger partial charge in [-0.3, -0.25) is 10.1 Å². The molecule has 0 fully saturated rings. The lowest BCUT2D eigenvalue weighted by atomic mass is 9.85. The number of aliphatic hydroxyl groups excluding tert-OH is 1. The first-order valence-corrected chi connectivity index (χ1v) is 6.31. The lowest BCUT2D eigenvalue weighted by molar-refractivity contribution is -0.385. The molecule has 1 aromatic carbocycles. The first kappa shape index (κ1) is 15.6. The Kier molecular flexibility index (Phi) is 4.15. The number of benzene rings is 1. The van der Waals surface area contributed by atoms with Crippen LogP contribution in [-0.2, 0) is 9.47 Å². The average molecular weight is 298 g/mol. The number of fused-ring (bicyclic) bond motifs is 1. The minimum atomic E-state index is -1.23. The first-order valence-electron chi connectivity index (χ1n) is 6.31. The number of methoxy groups -OCH3 is 2. The van der Waals surface area contributed by atoms with Gasteiger partial charge < -0.3 is 25.1 Å². The molecule has 1 aliphatic heterocycles. The molecular weight excluding hydrogens is 280 g/mol. The second-order valence-corrected chi connectivity index (χ2v) is 5.04. The molecule has 0 aliphatic carbocycles. The van der Waals surface area contributed by atoms with Gasteiger partial charge in [-0.1, -0.05) is 0 Å². The van der Waals surface area contributed by atoms with Gasteiger partial charge in [-0.25, -0.2) is 0 Å². The summed E-state index contributed by atoms with van der Waals surface area (Å²) in [5.74, 6) is 0.361. The van der Waals surface area contributed by atoms with Crippen molar-refractivity contribution in [2.75, 3.05) is 14.2 Å². The van der Waals surface area contributed by atoms with Gasteiger partial charge in [-0.2, -0.15) is 0 Å². The van der Waals surface area contributed by atoms with E-state index in [0.29, 0.717) is 11.3 Å². The van der Waals surface area contributed by atoms with E-state index in [9.17, 15) is 15.2 Å². The van der Waals surface area contributed by atoms with Gasteiger partial charge in [0, 0.05) is 31.9 Å². The number of nitro groups is 1. The highest BCUT2D eigenvalue weighted by molar-refractivity contribution is 5.48. The standard InChI is InChI=1S/C13H18N2O6/c1-13(12(19-2)20-3)11(16)10(14)8-6-7(15(17)18)4-5-9(8)21-13/h4-6,10-12,16H,14H2,1-3H3/t10-,11+,13-/m1/s1. The molecule has 1 aromatic rings. The number of nitrogens with two attached hydrogens (primary N) is 1. The zero-order chi connectivity index (χ0) is 15.8. The molecule has 1 heterocycles. The van der Waals surface area contributed by atoms with E-state index >= 15 is 0 Å². The molecule has 3 N–H and O–H groups in total. The number of hydrogen-bond acceptors (Lipinski definition) is 7. The summed E-state index contributed by atoms with van der Waals surface area (Å²) in [7, 11) is 2.85. The highest BCUT2D eigenvalue weighted by Crippen LogP contribution is 2.42. The maximum atomic E-state index is 10.8. The van der Waals surface area contributed by atoms with Crippen LogP contribution >= 0.6 is 0 Å². The highest BCUT2D eigenvalue weighted by atomic mass is 16.7. The van der Waals surface area contributed by atoms with E-state index in [0.717, 1.165) is 0 Å². The number of rotatable bonds is 4. The molecule has 3 atom stereocenters. The third kappa shape index (κ3) is 2.46. The molecule has 8 nitrogen and oxygen atoms in total. The molecule has 0 bridgehead atoms. The molecule has 0 saturated carbocycles. The fourth-order valence-electron chi connectivity index (χ4n) is 2.58. The summed E-state index contributed by atoms with van der Waals surface area (Å²) in [5.41, 5.74) is 5.05. The van der Waals surface area contributed by atoms with Crippen molar-refractivity contribution in [1.82, 2.24) is 0 Å². The van der Waals surface area contributed by atoms with Gasteiger partial charge in [0.25, 0.3) is 5.69 Å². The van der Waals surface area contributed by atoms with Gasteiger partial charge in [0.05, 0.1) is 11.0 Å². The van der Waals surface area contributed by atoms with Crippen molar-refractivity contribution in [2.24, 2.45) is 5.73 Å². The molecule has 2 rings (SSSR count). The van der Waals surface area contributed by atoms with Crippen molar-refractivity contribution in [1.29, 1.82) is 0 Å². The number of ether oxygens (including phenoxy) is 3. The Hall–Kier alpha value is -1.74. The lowest BCUT2D eigenvalue weighted by Crippen LogP contribution is -2.61. The highest BCUT2D eigenvalue weighted by Gasteiger charge is 2.51. The van der Waals surface area contributed by atoms with Gasteiger partial charge >= 0.3 is 0 Å². The van der Waals surface area contributed by atoms with Crippen LogP contribution < -0.4 is 10.5 Å². The zero-order valence-corrected chi connectivity index (χ0v) is 12.0. The van der Waals surface area contributed by atoms with Crippen molar-refractivity contribution in [2.45, 2.75) is 31.0 Å². The van der Waals surface area contributed by atoms with Gasteiger partial charge in [0.1, 0.15) is 11.9 Å². The van der Waals surface area contributed by atoms with Gasteiger partial charge in [0.15, 0.2) is 11.9 Å². The SMILES string of the molecule is COC(OC)[C@]1(C)Oc2ccc([N+](=O)[O-])cc2[C@@H](N)[C@@H]1O. The van der Waals surface area contributed by atoms with Crippen molar-refractivity contribution in [3.8, 4) is 5.75 Å². The topological polar surface area (TPSA) is 117 Å². The molecule has 1 aliphatic rings. The van der Waals surface area contributed by atoms with Gasteiger partial charge in [-0.05, 0) is 13.0 Å². The number of nitrogens with zero attached hydrogens (tertiary/aromatic N) is 1. The molecule has 8 heteroatoms. The summed E-state index contributed by atoms with van der Waals surface area (Å²) in [6.07, 6.45) is -2.00. The van der Waals surface area contributed by atoms with Crippen LogP contribution in [0.3, 0.4) is 0 Å². The van der Waals surface area contributed by atoms with Crippen LogP contribution in [-0.4, -0.2) is 42.2 Å². The van der Waals surface area contributed by atoms with E-state index in [1.807, 2.05) is 0 Å². The molecule has 0 spiro atoms. The molecule has 21 heavy (non-hydrogen) atoms. The second-order valence-electron chi connectivity index (χ2n) is 5.04. The summed E-state index contributed by atoms with van der Waals surface area (Å²) < 4.78 is 16.1. The molecule has 116 valence electrons. The Labute approximate surface area is 121 Å². The van der Waals surface area contributed by atoms with E-state index < -0.39 is 29.0 Å². The number of hydrogen-bond donors (Lipinski definition) is 2. The van der Waals surface area contributed by atoms with Crippen LogP contribution in [0.15, 0.2) is 18.2 Å². The normalized spacial score (nSPS) is 28.1. The van der Waals surface area contributed by atoms with Crippen molar-refractivity contribution in [3.63, 3.8) is 0 Å². The van der Waals surface area contributed by atoms with Crippen LogP contribution in [0, 0.1) is 10.1 Å². The molecule has 0 saturated heterocycles. The largest absolute Gasteiger partial charge is 0.479 e. The van der Waals surface area contributed by atoms with Crippen LogP contribution in [0.25, 0.3) is 0 Å². The van der Waals surface area contributed by atoms with Crippen molar-refractivity contribution in [3.05, 3.63) is 33.9 Å². The summed E-state index contributed by atoms with van der Waals surface area (Å²) >= 11 is 0. The molecule has 0 unspecified atom stereocenters. The van der Waals surface area contributed by atoms with Crippen LogP contribution in [0.4, 0.5) is 5.69 Å². The van der Waals surface area contributed by atoms with Crippen LogP contribution in [0.5, 0.6) is 5.75 Å². The van der Waals surface area contributed by atoms with Gasteiger partial charge in [-0.15, -0.1) is 0 Å². The Morgan fingerprint density at radius 3 is 2.62 bits per heavy atom. The van der Waals surface area contributed by atoms with Crippen LogP contribution in [0.2, 0.25) is 0 Å². The maximum Gasteiger partial charge on any atom is 0.270 e. The maximum absolute atomic E-state index is 10.8. The summed E-state index contributed by atoms with van der Waals surface area (Å²) in [4.78, 5) is 10.3. The smallest absolute Gasteiger partial charge is 0.270 e. The lowest BCUT2D eigenvalue weighted by Gasteiger charge is -2.45. The Morgan fingerprint density at radius 2 is 2.10 bits per heavy atom. The predicted octanol–water partition coefficient (Wildman–Crippen LogP) is 0.725. The number of non-ortho nitro benzene ring substituents is 1. The quantitative estimate of drug-likeness (QED) is 0.478. The summed E-state index contributed by atoms with van der Waals surface area (Å²) in [5, 5.41) is 21.3. The van der Waals surface area contributed by atoms with E-state index in [1.54, 1.807) is 6.92 Å². The zero-order valence-electron chi connectivity index (χ0n) is 12.0. The molecule has 0 amide bonds. The summed E-state index contributed by atoms with van der Waals surface area (Å²) in [6.45, 7) is 1.61. The minimum absolute atomic E-state index is 0.112. The fourth-order valence-corrected chi connectivity index (χ4v) is 2.58. The van der Waals surface area contributed by atoms with Crippen LogP contribution in [0.1, 0.15) is 18.5 Å². The number of nitro benzene ring substituents is 1. The monoisotopic (exact) mass is 298 g/mol. The third-order valence-electron chi connectivity index (χ3n) is 3.72. The molecule has 0 radical (unpaired) electrons. The summed E-state index contributed by atoms with van der Waals surface area (Å²) in [6, 6.07) is 3.22. The predicted molar refractivity (Wildman–Crippen MR) is 72.9 cm³/mol. The average Bonchev–Trinajstić information content (AvgIpc) is 2.45. The first-order chi connectivity index (χ1) is 9.85. The molecular formula is C13H18N2O6. The Bertz CT molecular complexity index is 547. The second kappa shape index (κ2) is 5.57. The van der Waals surface area contributed by atoms with E-state index in [-0.39, 0.29) is 5.69 Å². The van der Waals surface area contributed by atoms with E-state index in [2.05, 4.69) is 0 Å². The molecule has 0 aromatic heterocycles.